The van der Waals surface area contributed by atoms with Gasteiger partial charge in [-0.2, -0.15) is 0 Å². The summed E-state index contributed by atoms with van der Waals surface area (Å²) in [5.74, 6) is -0.287. The predicted molar refractivity (Wildman–Crippen MR) is 123 cm³/mol. The van der Waals surface area contributed by atoms with Crippen molar-refractivity contribution in [1.82, 2.24) is 15.3 Å². The van der Waals surface area contributed by atoms with Gasteiger partial charge in [-0.3, -0.25) is 14.6 Å². The number of pyridine rings is 1. The molecule has 0 saturated heterocycles. The second kappa shape index (κ2) is 9.95. The molecule has 4 aromatic rings. The van der Waals surface area contributed by atoms with Crippen molar-refractivity contribution in [2.24, 2.45) is 0 Å². The van der Waals surface area contributed by atoms with E-state index in [9.17, 15) is 9.59 Å². The number of carbonyl (C=O) groups excluding carboxylic acids is 2. The minimum Gasteiger partial charge on any atom is -0.346 e. The Morgan fingerprint density at radius 3 is 2.68 bits per heavy atom. The Morgan fingerprint density at radius 1 is 0.968 bits per heavy atom. The molecule has 0 aliphatic rings. The van der Waals surface area contributed by atoms with Crippen molar-refractivity contribution >= 4 is 39.1 Å². The van der Waals surface area contributed by atoms with Crippen molar-refractivity contribution in [3.8, 4) is 0 Å². The largest absolute Gasteiger partial charge is 0.346 e. The summed E-state index contributed by atoms with van der Waals surface area (Å²) in [6, 6.07) is 20.5. The topological polar surface area (TPSA) is 84.0 Å². The van der Waals surface area contributed by atoms with Crippen LogP contribution in [0.25, 0.3) is 10.2 Å². The summed E-state index contributed by atoms with van der Waals surface area (Å²) in [4.78, 5) is 33.5. The van der Waals surface area contributed by atoms with Gasteiger partial charge in [-0.25, -0.2) is 4.98 Å². The number of hydrogen-bond acceptors (Lipinski definition) is 5. The van der Waals surface area contributed by atoms with Gasteiger partial charge in [0.2, 0.25) is 5.91 Å². The van der Waals surface area contributed by atoms with Crippen LogP contribution in [0.3, 0.4) is 0 Å². The molecule has 2 aromatic heterocycles. The second-order valence-corrected chi connectivity index (χ2v) is 8.18. The Balaban J connectivity index is 1.26. The number of aromatic nitrogens is 2. The third-order valence-corrected chi connectivity index (χ3v) is 5.79. The molecule has 2 N–H and O–H groups in total. The summed E-state index contributed by atoms with van der Waals surface area (Å²) in [6.45, 7) is 0.349. The van der Waals surface area contributed by atoms with E-state index < -0.39 is 0 Å². The third kappa shape index (κ3) is 5.73. The fourth-order valence-corrected chi connectivity index (χ4v) is 4.17. The number of aryl methyl sites for hydroxylation is 1. The highest BCUT2D eigenvalue weighted by molar-refractivity contribution is 7.18. The first-order valence-corrected chi connectivity index (χ1v) is 10.9. The van der Waals surface area contributed by atoms with E-state index in [0.717, 1.165) is 29.1 Å². The number of rotatable bonds is 8. The minimum atomic E-state index is -0.211. The van der Waals surface area contributed by atoms with Crippen LogP contribution in [-0.4, -0.2) is 21.8 Å². The van der Waals surface area contributed by atoms with Crippen LogP contribution in [0.5, 0.6) is 0 Å². The number of fused-ring (bicyclic) bond motifs is 1. The highest BCUT2D eigenvalue weighted by Gasteiger charge is 2.09. The number of hydrogen-bond donors (Lipinski definition) is 2. The average molecular weight is 431 g/mol. The highest BCUT2D eigenvalue weighted by Crippen LogP contribution is 2.22. The molecule has 0 bridgehead atoms. The average Bonchev–Trinajstić information content (AvgIpc) is 3.21. The first-order valence-electron chi connectivity index (χ1n) is 10.1. The van der Waals surface area contributed by atoms with Gasteiger partial charge in [0.25, 0.3) is 5.91 Å². The lowest BCUT2D eigenvalue weighted by Gasteiger charge is -2.08. The van der Waals surface area contributed by atoms with E-state index in [-0.39, 0.29) is 11.8 Å². The molecular formula is C24H22N4O2S. The Morgan fingerprint density at radius 2 is 1.84 bits per heavy atom. The Labute approximate surface area is 184 Å². The summed E-state index contributed by atoms with van der Waals surface area (Å²) in [6.07, 6.45) is 3.57. The molecule has 4 rings (SSSR count). The van der Waals surface area contributed by atoms with Crippen molar-refractivity contribution in [3.63, 3.8) is 0 Å². The van der Waals surface area contributed by atoms with Crippen molar-refractivity contribution < 1.29 is 9.59 Å². The quantitative estimate of drug-likeness (QED) is 0.428. The van der Waals surface area contributed by atoms with Crippen molar-refractivity contribution in [2.75, 3.05) is 5.32 Å². The van der Waals surface area contributed by atoms with Crippen molar-refractivity contribution in [2.45, 2.75) is 25.8 Å². The van der Waals surface area contributed by atoms with Gasteiger partial charge in [-0.15, -0.1) is 11.3 Å². The van der Waals surface area contributed by atoms with Gasteiger partial charge in [-0.05, 0) is 55.3 Å². The van der Waals surface area contributed by atoms with Gasteiger partial charge >= 0.3 is 0 Å². The van der Waals surface area contributed by atoms with Crippen molar-refractivity contribution in [1.29, 1.82) is 0 Å². The zero-order chi connectivity index (χ0) is 21.5. The standard InChI is InChI=1S/C24H22N4O2S/c29-22(12-6-13-23-28-20-10-1-2-11-21(20)31-23)27-18-9-5-7-17(15-18)24(30)26-16-19-8-3-4-14-25-19/h1-5,7-11,14-15H,6,12-13,16H2,(H,26,30)(H,27,29). The number of benzene rings is 2. The van der Waals surface area contributed by atoms with E-state index in [1.807, 2.05) is 36.4 Å². The van der Waals surface area contributed by atoms with E-state index >= 15 is 0 Å². The maximum absolute atomic E-state index is 12.4. The Kier molecular flexibility index (Phi) is 6.64. The molecular weight excluding hydrogens is 408 g/mol. The normalized spacial score (nSPS) is 10.7. The smallest absolute Gasteiger partial charge is 0.251 e. The molecule has 6 nitrogen and oxygen atoms in total. The van der Waals surface area contributed by atoms with Crippen molar-refractivity contribution in [3.05, 3.63) is 89.2 Å². The lowest BCUT2D eigenvalue weighted by molar-refractivity contribution is -0.116. The summed E-state index contributed by atoms with van der Waals surface area (Å²) < 4.78 is 1.17. The molecule has 156 valence electrons. The van der Waals surface area contributed by atoms with Gasteiger partial charge < -0.3 is 10.6 Å². The third-order valence-electron chi connectivity index (χ3n) is 4.70. The lowest BCUT2D eigenvalue weighted by atomic mass is 10.1. The summed E-state index contributed by atoms with van der Waals surface area (Å²) in [5.41, 5.74) is 2.89. The number of nitrogens with one attached hydrogen (secondary N) is 2. The van der Waals surface area contributed by atoms with E-state index in [1.165, 1.54) is 4.70 Å². The van der Waals surface area contributed by atoms with Crippen LogP contribution in [0.15, 0.2) is 72.9 Å². The molecule has 7 heteroatoms. The van der Waals surface area contributed by atoms with Crippen LogP contribution in [0.1, 0.15) is 33.9 Å². The second-order valence-electron chi connectivity index (χ2n) is 7.06. The van der Waals surface area contributed by atoms with Crippen LogP contribution in [-0.2, 0) is 17.8 Å². The van der Waals surface area contributed by atoms with Crippen LogP contribution in [0, 0.1) is 0 Å². The molecule has 0 aliphatic carbocycles. The van der Waals surface area contributed by atoms with Gasteiger partial charge in [0.05, 0.1) is 27.5 Å². The summed E-state index contributed by atoms with van der Waals surface area (Å²) in [5, 5.41) is 6.76. The van der Waals surface area contributed by atoms with E-state index in [2.05, 4.69) is 26.7 Å². The van der Waals surface area contributed by atoms with Crippen LogP contribution in [0.2, 0.25) is 0 Å². The number of nitrogens with zero attached hydrogens (tertiary/aromatic N) is 2. The molecule has 0 saturated carbocycles. The lowest BCUT2D eigenvalue weighted by Crippen LogP contribution is -2.23. The van der Waals surface area contributed by atoms with Crippen LogP contribution < -0.4 is 10.6 Å². The molecule has 0 atom stereocenters. The number of anilines is 1. The number of amides is 2. The van der Waals surface area contributed by atoms with Crippen LogP contribution in [0.4, 0.5) is 5.69 Å². The maximum Gasteiger partial charge on any atom is 0.251 e. The van der Waals surface area contributed by atoms with Gasteiger partial charge in [0.1, 0.15) is 0 Å². The summed E-state index contributed by atoms with van der Waals surface area (Å²) in [7, 11) is 0. The summed E-state index contributed by atoms with van der Waals surface area (Å²) >= 11 is 1.67. The Bertz CT molecular complexity index is 1160. The first kappa shape index (κ1) is 20.7. The first-order chi connectivity index (χ1) is 15.2. The highest BCUT2D eigenvalue weighted by atomic mass is 32.1. The molecule has 0 spiro atoms. The zero-order valence-corrected chi connectivity index (χ0v) is 17.7. The maximum atomic E-state index is 12.4. The molecule has 2 heterocycles. The van der Waals surface area contributed by atoms with Gasteiger partial charge in [0, 0.05) is 23.9 Å². The number of para-hydroxylation sites is 1. The van der Waals surface area contributed by atoms with E-state index in [1.54, 1.807) is 41.8 Å². The van der Waals surface area contributed by atoms with Gasteiger partial charge in [0.15, 0.2) is 0 Å². The Hall–Kier alpha value is -3.58. The number of thiazole rings is 1. The minimum absolute atomic E-state index is 0.0767. The zero-order valence-electron chi connectivity index (χ0n) is 16.9. The molecule has 2 aromatic carbocycles. The SMILES string of the molecule is O=C(CCCc1nc2ccccc2s1)Nc1cccc(C(=O)NCc2ccccn2)c1. The fourth-order valence-electron chi connectivity index (χ4n) is 3.16. The van der Waals surface area contributed by atoms with E-state index in [0.29, 0.717) is 24.2 Å². The molecule has 0 unspecified atom stereocenters. The fraction of sp³-hybridized carbons (Fsp3) is 0.167. The predicted octanol–water partition coefficient (Wildman–Crippen LogP) is 4.58. The van der Waals surface area contributed by atoms with E-state index in [4.69, 9.17) is 0 Å². The molecule has 31 heavy (non-hydrogen) atoms. The molecule has 0 aliphatic heterocycles. The van der Waals surface area contributed by atoms with Gasteiger partial charge in [-0.1, -0.05) is 24.3 Å². The monoisotopic (exact) mass is 430 g/mol. The number of carbonyl (C=O) groups is 2. The molecule has 2 amide bonds. The molecule has 0 fully saturated rings. The van der Waals surface area contributed by atoms with Crippen LogP contribution >= 0.6 is 11.3 Å². The molecule has 0 radical (unpaired) electrons.